The molecule has 3 rings (SSSR count). The summed E-state index contributed by atoms with van der Waals surface area (Å²) in [5.41, 5.74) is -5.19. The predicted molar refractivity (Wildman–Crippen MR) is 100 cm³/mol. The Morgan fingerprint density at radius 2 is 1.77 bits per heavy atom. The van der Waals surface area contributed by atoms with Gasteiger partial charge in [-0.2, -0.15) is 13.2 Å². The Bertz CT molecular complexity index is 1220. The van der Waals surface area contributed by atoms with Crippen molar-refractivity contribution in [3.05, 3.63) is 95.8 Å². The van der Waals surface area contributed by atoms with Crippen molar-refractivity contribution >= 4 is 17.3 Å². The molecule has 1 aromatic heterocycles. The van der Waals surface area contributed by atoms with Crippen LogP contribution in [0, 0.1) is 10.1 Å². The van der Waals surface area contributed by atoms with Gasteiger partial charge in [0.15, 0.2) is 0 Å². The van der Waals surface area contributed by atoms with Crippen LogP contribution in [0.5, 0.6) is 5.75 Å². The van der Waals surface area contributed by atoms with Crippen molar-refractivity contribution in [1.29, 1.82) is 0 Å². The molecule has 0 aliphatic heterocycles. The van der Waals surface area contributed by atoms with Crippen LogP contribution in [0.4, 0.5) is 18.9 Å². The van der Waals surface area contributed by atoms with E-state index in [1.165, 1.54) is 6.07 Å². The zero-order chi connectivity index (χ0) is 22.1. The normalized spacial score (nSPS) is 11.3. The summed E-state index contributed by atoms with van der Waals surface area (Å²) in [5.74, 6) is -0.00793. The Labute approximate surface area is 170 Å². The van der Waals surface area contributed by atoms with Crippen molar-refractivity contribution in [3.8, 4) is 11.4 Å². The van der Waals surface area contributed by atoms with Gasteiger partial charge in [-0.1, -0.05) is 23.7 Å². The highest BCUT2D eigenvalue weighted by Gasteiger charge is 2.37. The fraction of sp³-hybridized carbons (Fsp3) is 0.111. The minimum atomic E-state index is -5.11. The van der Waals surface area contributed by atoms with Gasteiger partial charge in [-0.25, -0.2) is 4.79 Å². The Hall–Kier alpha value is -3.60. The number of nitrogens with zero attached hydrogens (tertiary/aromatic N) is 2. The molecule has 0 fully saturated rings. The second kappa shape index (κ2) is 8.03. The molecule has 1 heterocycles. The molecule has 12 heteroatoms. The van der Waals surface area contributed by atoms with Crippen molar-refractivity contribution in [3.63, 3.8) is 0 Å². The van der Waals surface area contributed by atoms with Crippen molar-refractivity contribution in [1.82, 2.24) is 9.55 Å². The number of nitro benzene ring substituents is 1. The topological polar surface area (TPSA) is 107 Å². The summed E-state index contributed by atoms with van der Waals surface area (Å²) in [4.78, 5) is 35.6. The summed E-state index contributed by atoms with van der Waals surface area (Å²) in [5, 5.41) is 12.0. The number of rotatable bonds is 5. The van der Waals surface area contributed by atoms with Gasteiger partial charge < -0.3 is 4.74 Å². The van der Waals surface area contributed by atoms with Gasteiger partial charge in [-0.3, -0.25) is 24.5 Å². The van der Waals surface area contributed by atoms with Gasteiger partial charge in [-0.15, -0.1) is 0 Å². The van der Waals surface area contributed by atoms with Crippen molar-refractivity contribution in [2.75, 3.05) is 0 Å². The van der Waals surface area contributed by atoms with E-state index in [0.29, 0.717) is 10.6 Å². The third kappa shape index (κ3) is 4.51. The largest absolute Gasteiger partial charge is 0.489 e. The fourth-order valence-corrected chi connectivity index (χ4v) is 2.74. The van der Waals surface area contributed by atoms with Gasteiger partial charge >= 0.3 is 11.9 Å². The number of aromatic nitrogens is 2. The van der Waals surface area contributed by atoms with E-state index >= 15 is 0 Å². The van der Waals surface area contributed by atoms with Crippen molar-refractivity contribution < 1.29 is 22.8 Å². The van der Waals surface area contributed by atoms with E-state index < -0.39 is 39.4 Å². The standard InChI is InChI=1S/C18H11ClF3N3O5/c19-11-3-1-10(2-4-11)9-30-12-5-6-13(14(7-12)25(28)29)24-15(18(20,21)22)8-16(26)23-17(24)27/h1-8H,9H2,(H,23,26,27). The lowest BCUT2D eigenvalue weighted by molar-refractivity contribution is -0.384. The number of H-pyrrole nitrogens is 1. The molecule has 0 saturated carbocycles. The van der Waals surface area contributed by atoms with Crippen LogP contribution in [-0.4, -0.2) is 14.5 Å². The molecule has 0 radical (unpaired) electrons. The number of benzene rings is 2. The first-order chi connectivity index (χ1) is 14.1. The van der Waals surface area contributed by atoms with E-state index in [1.54, 1.807) is 29.2 Å². The van der Waals surface area contributed by atoms with Crippen LogP contribution in [0.25, 0.3) is 5.69 Å². The summed E-state index contributed by atoms with van der Waals surface area (Å²) < 4.78 is 45.5. The first-order valence-corrected chi connectivity index (χ1v) is 8.53. The van der Waals surface area contributed by atoms with E-state index in [2.05, 4.69) is 0 Å². The molecule has 0 aliphatic rings. The summed E-state index contributed by atoms with van der Waals surface area (Å²) in [6, 6.07) is 9.72. The van der Waals surface area contributed by atoms with Crippen LogP contribution < -0.4 is 16.0 Å². The molecule has 0 bridgehead atoms. The average Bonchev–Trinajstić information content (AvgIpc) is 2.66. The Morgan fingerprint density at radius 1 is 1.10 bits per heavy atom. The number of nitro groups is 1. The molecule has 2 aromatic carbocycles. The molecule has 0 unspecified atom stereocenters. The molecule has 0 aliphatic carbocycles. The van der Waals surface area contributed by atoms with Gasteiger partial charge in [0.05, 0.1) is 11.0 Å². The quantitative estimate of drug-likeness (QED) is 0.480. The molecule has 1 N–H and O–H groups in total. The Kier molecular flexibility index (Phi) is 5.65. The molecule has 0 saturated heterocycles. The highest BCUT2D eigenvalue weighted by atomic mass is 35.5. The number of ether oxygens (including phenoxy) is 1. The zero-order valence-corrected chi connectivity index (χ0v) is 15.5. The van der Waals surface area contributed by atoms with Gasteiger partial charge in [0, 0.05) is 11.1 Å². The van der Waals surface area contributed by atoms with Gasteiger partial charge in [0.25, 0.3) is 11.2 Å². The Morgan fingerprint density at radius 3 is 2.37 bits per heavy atom. The summed E-state index contributed by atoms with van der Waals surface area (Å²) in [7, 11) is 0. The molecule has 0 atom stereocenters. The van der Waals surface area contributed by atoms with E-state index in [9.17, 15) is 32.9 Å². The van der Waals surface area contributed by atoms with Crippen LogP contribution in [0.2, 0.25) is 5.02 Å². The van der Waals surface area contributed by atoms with Gasteiger partial charge in [0.1, 0.15) is 23.7 Å². The van der Waals surface area contributed by atoms with E-state index in [0.717, 1.165) is 12.1 Å². The average molecular weight is 442 g/mol. The minimum absolute atomic E-state index is 0.00793. The lowest BCUT2D eigenvalue weighted by Gasteiger charge is -2.15. The first-order valence-electron chi connectivity index (χ1n) is 8.16. The van der Waals surface area contributed by atoms with E-state index in [1.807, 2.05) is 0 Å². The first kappa shape index (κ1) is 21.1. The van der Waals surface area contributed by atoms with Gasteiger partial charge in [0.2, 0.25) is 0 Å². The second-order valence-corrected chi connectivity index (χ2v) is 6.42. The molecule has 0 amide bonds. The fourth-order valence-electron chi connectivity index (χ4n) is 2.62. The number of nitrogens with one attached hydrogen (secondary N) is 1. The SMILES string of the molecule is O=c1cc(C(F)(F)F)n(-c2ccc(OCc3ccc(Cl)cc3)cc2[N+](=O)[O-])c(=O)[nH]1. The molecule has 8 nitrogen and oxygen atoms in total. The summed E-state index contributed by atoms with van der Waals surface area (Å²) in [6.45, 7) is 0.0140. The Balaban J connectivity index is 2.05. The molecular formula is C18H11ClF3N3O5. The third-order valence-corrected chi connectivity index (χ3v) is 4.19. The van der Waals surface area contributed by atoms with Crippen LogP contribution in [0.3, 0.4) is 0 Å². The lowest BCUT2D eigenvalue weighted by Crippen LogP contribution is -2.34. The number of hydrogen-bond acceptors (Lipinski definition) is 5. The molecular weight excluding hydrogens is 431 g/mol. The molecule has 156 valence electrons. The third-order valence-electron chi connectivity index (χ3n) is 3.94. The molecule has 0 spiro atoms. The number of alkyl halides is 3. The number of hydrogen-bond donors (Lipinski definition) is 1. The monoisotopic (exact) mass is 441 g/mol. The molecule has 30 heavy (non-hydrogen) atoms. The maximum Gasteiger partial charge on any atom is 0.432 e. The van der Waals surface area contributed by atoms with Crippen molar-refractivity contribution in [2.24, 2.45) is 0 Å². The second-order valence-electron chi connectivity index (χ2n) is 5.98. The summed E-state index contributed by atoms with van der Waals surface area (Å²) >= 11 is 5.78. The highest BCUT2D eigenvalue weighted by Crippen LogP contribution is 2.33. The lowest BCUT2D eigenvalue weighted by atomic mass is 10.2. The van der Waals surface area contributed by atoms with Crippen molar-refractivity contribution in [2.45, 2.75) is 12.8 Å². The highest BCUT2D eigenvalue weighted by molar-refractivity contribution is 6.30. The molecule has 3 aromatic rings. The smallest absolute Gasteiger partial charge is 0.432 e. The van der Waals surface area contributed by atoms with Crippen LogP contribution in [-0.2, 0) is 12.8 Å². The van der Waals surface area contributed by atoms with Crippen LogP contribution >= 0.6 is 11.6 Å². The number of halogens is 4. The predicted octanol–water partition coefficient (Wildman–Crippen LogP) is 3.69. The zero-order valence-electron chi connectivity index (χ0n) is 14.8. The maximum atomic E-state index is 13.3. The minimum Gasteiger partial charge on any atom is -0.489 e. The maximum absolute atomic E-state index is 13.3. The van der Waals surface area contributed by atoms with Crippen LogP contribution in [0.1, 0.15) is 11.3 Å². The van der Waals surface area contributed by atoms with E-state index in [-0.39, 0.29) is 23.0 Å². The number of aromatic amines is 1. The van der Waals surface area contributed by atoms with Gasteiger partial charge in [-0.05, 0) is 29.8 Å². The van der Waals surface area contributed by atoms with E-state index in [4.69, 9.17) is 16.3 Å². The summed E-state index contributed by atoms with van der Waals surface area (Å²) in [6.07, 6.45) is -5.11. The van der Waals surface area contributed by atoms with Crippen LogP contribution in [0.15, 0.2) is 58.1 Å².